The fraction of sp³-hybridized carbons (Fsp3) is 0.278. The molecule has 0 atom stereocenters. The summed E-state index contributed by atoms with van der Waals surface area (Å²) in [6, 6.07) is 10.1. The average Bonchev–Trinajstić information content (AvgIpc) is 2.63. The van der Waals surface area contributed by atoms with Crippen LogP contribution in [-0.2, 0) is 16.6 Å². The van der Waals surface area contributed by atoms with Crippen molar-refractivity contribution in [2.24, 2.45) is 0 Å². The lowest BCUT2D eigenvalue weighted by Gasteiger charge is -2.21. The van der Waals surface area contributed by atoms with Gasteiger partial charge in [-0.1, -0.05) is 19.1 Å². The van der Waals surface area contributed by atoms with E-state index >= 15 is 0 Å². The maximum Gasteiger partial charge on any atom is 0.405 e. The molecule has 0 aromatic heterocycles. The molecular weight excluding hydrogens is 400 g/mol. The fourth-order valence-corrected chi connectivity index (χ4v) is 3.85. The molecule has 0 aliphatic rings. The summed E-state index contributed by atoms with van der Waals surface area (Å²) in [5, 5.41) is 1.71. The number of carbonyl (C=O) groups excluding carboxylic acids is 1. The summed E-state index contributed by atoms with van der Waals surface area (Å²) in [5.41, 5.74) is 0.366. The van der Waals surface area contributed by atoms with Crippen LogP contribution in [-0.4, -0.2) is 37.9 Å². The Morgan fingerprint density at radius 1 is 1.11 bits per heavy atom. The Balaban J connectivity index is 2.16. The molecular formula is C18H18F4N2O3S. The molecule has 0 spiro atoms. The van der Waals surface area contributed by atoms with E-state index in [0.717, 1.165) is 28.6 Å². The van der Waals surface area contributed by atoms with Gasteiger partial charge in [0.2, 0.25) is 10.0 Å². The number of rotatable bonds is 7. The lowest BCUT2D eigenvalue weighted by Crippen LogP contribution is -2.33. The first-order valence-corrected chi connectivity index (χ1v) is 9.66. The van der Waals surface area contributed by atoms with Crippen molar-refractivity contribution in [2.75, 3.05) is 13.1 Å². The van der Waals surface area contributed by atoms with Crippen molar-refractivity contribution < 1.29 is 30.8 Å². The number of sulfonamides is 1. The van der Waals surface area contributed by atoms with Crippen LogP contribution in [0.3, 0.4) is 0 Å². The van der Waals surface area contributed by atoms with E-state index in [2.05, 4.69) is 0 Å². The first-order valence-electron chi connectivity index (χ1n) is 8.22. The third-order valence-corrected chi connectivity index (χ3v) is 5.74. The van der Waals surface area contributed by atoms with Gasteiger partial charge in [-0.25, -0.2) is 12.8 Å². The number of nitrogens with zero attached hydrogens (tertiary/aromatic N) is 1. The predicted octanol–water partition coefficient (Wildman–Crippen LogP) is 3.33. The van der Waals surface area contributed by atoms with Crippen LogP contribution in [0.2, 0.25) is 0 Å². The minimum Gasteiger partial charge on any atom is -0.343 e. The molecule has 1 N–H and O–H groups in total. The number of nitrogens with one attached hydrogen (secondary N) is 1. The Morgan fingerprint density at radius 2 is 1.75 bits per heavy atom. The largest absolute Gasteiger partial charge is 0.405 e. The Labute approximate surface area is 160 Å². The number of carbonyl (C=O) groups is 1. The summed E-state index contributed by atoms with van der Waals surface area (Å²) in [7, 11) is -3.94. The van der Waals surface area contributed by atoms with Crippen LogP contribution in [0.4, 0.5) is 17.6 Å². The molecule has 0 unspecified atom stereocenters. The van der Waals surface area contributed by atoms with Gasteiger partial charge in [0, 0.05) is 18.7 Å². The van der Waals surface area contributed by atoms with Gasteiger partial charge in [0.25, 0.3) is 5.91 Å². The number of amides is 1. The van der Waals surface area contributed by atoms with Crippen molar-refractivity contribution in [2.45, 2.75) is 24.5 Å². The van der Waals surface area contributed by atoms with Gasteiger partial charge in [-0.2, -0.15) is 17.5 Å². The normalized spacial score (nSPS) is 12.2. The number of alkyl halides is 3. The SMILES string of the molecule is CCN(Cc1cccc(F)c1)S(=O)(=O)c1ccc(C(=O)NCC(F)(F)F)cc1. The van der Waals surface area contributed by atoms with Crippen molar-refractivity contribution >= 4 is 15.9 Å². The van der Waals surface area contributed by atoms with Gasteiger partial charge >= 0.3 is 6.18 Å². The molecule has 10 heteroatoms. The van der Waals surface area contributed by atoms with Gasteiger partial charge < -0.3 is 5.32 Å². The smallest absolute Gasteiger partial charge is 0.343 e. The fourth-order valence-electron chi connectivity index (χ4n) is 2.42. The Kier molecular flexibility index (Phi) is 6.78. The molecule has 2 aromatic carbocycles. The Bertz CT molecular complexity index is 929. The van der Waals surface area contributed by atoms with Crippen LogP contribution >= 0.6 is 0 Å². The van der Waals surface area contributed by atoms with Gasteiger partial charge in [0.05, 0.1) is 4.90 Å². The number of hydrogen-bond acceptors (Lipinski definition) is 3. The summed E-state index contributed by atoms with van der Waals surface area (Å²) in [6.45, 7) is 0.204. The lowest BCUT2D eigenvalue weighted by molar-refractivity contribution is -0.123. The average molecular weight is 418 g/mol. The van der Waals surface area contributed by atoms with Gasteiger partial charge in [-0.05, 0) is 42.0 Å². The first-order chi connectivity index (χ1) is 13.0. The third-order valence-electron chi connectivity index (χ3n) is 3.80. The topological polar surface area (TPSA) is 66.5 Å². The number of hydrogen-bond donors (Lipinski definition) is 1. The van der Waals surface area contributed by atoms with E-state index in [1.165, 1.54) is 18.2 Å². The highest BCUT2D eigenvalue weighted by Gasteiger charge is 2.28. The van der Waals surface area contributed by atoms with Crippen molar-refractivity contribution in [1.82, 2.24) is 9.62 Å². The second kappa shape index (κ2) is 8.70. The highest BCUT2D eigenvalue weighted by atomic mass is 32.2. The third kappa shape index (κ3) is 5.77. The minimum absolute atomic E-state index is 0.0512. The van der Waals surface area contributed by atoms with Gasteiger partial charge in [-0.15, -0.1) is 0 Å². The predicted molar refractivity (Wildman–Crippen MR) is 94.5 cm³/mol. The maximum atomic E-state index is 13.3. The van der Waals surface area contributed by atoms with Crippen molar-refractivity contribution in [3.05, 3.63) is 65.5 Å². The van der Waals surface area contributed by atoms with Crippen LogP contribution in [0.15, 0.2) is 53.4 Å². The quantitative estimate of drug-likeness (QED) is 0.702. The maximum absolute atomic E-state index is 13.3. The molecule has 2 rings (SSSR count). The highest BCUT2D eigenvalue weighted by molar-refractivity contribution is 7.89. The second-order valence-corrected chi connectivity index (χ2v) is 7.82. The van der Waals surface area contributed by atoms with Crippen molar-refractivity contribution in [3.63, 3.8) is 0 Å². The van der Waals surface area contributed by atoms with E-state index in [0.29, 0.717) is 5.56 Å². The summed E-state index contributed by atoms with van der Waals surface area (Å²) in [4.78, 5) is 11.6. The number of benzene rings is 2. The molecule has 0 fully saturated rings. The summed E-state index contributed by atoms with van der Waals surface area (Å²) >= 11 is 0. The summed E-state index contributed by atoms with van der Waals surface area (Å²) in [5.74, 6) is -1.45. The van der Waals surface area contributed by atoms with Gasteiger partial charge in [-0.3, -0.25) is 4.79 Å². The van der Waals surface area contributed by atoms with Crippen molar-refractivity contribution in [3.8, 4) is 0 Å². The Morgan fingerprint density at radius 3 is 2.29 bits per heavy atom. The molecule has 5 nitrogen and oxygen atoms in total. The molecule has 0 saturated heterocycles. The summed E-state index contributed by atoms with van der Waals surface area (Å²) < 4.78 is 76.5. The van der Waals surface area contributed by atoms with E-state index < -0.39 is 34.5 Å². The molecule has 152 valence electrons. The van der Waals surface area contributed by atoms with Gasteiger partial charge in [0.1, 0.15) is 12.4 Å². The van der Waals surface area contributed by atoms with E-state index in [1.807, 2.05) is 0 Å². The molecule has 2 aromatic rings. The minimum atomic E-state index is -4.54. The molecule has 0 bridgehead atoms. The monoisotopic (exact) mass is 418 g/mol. The second-order valence-electron chi connectivity index (χ2n) is 5.88. The molecule has 0 radical (unpaired) electrons. The molecule has 1 amide bonds. The van der Waals surface area contributed by atoms with Gasteiger partial charge in [0.15, 0.2) is 0 Å². The molecule has 0 saturated carbocycles. The summed E-state index contributed by atoms with van der Waals surface area (Å²) in [6.07, 6.45) is -4.54. The standard InChI is InChI=1S/C18H18F4N2O3S/c1-2-24(11-13-4-3-5-15(19)10-13)28(26,27)16-8-6-14(7-9-16)17(25)23-12-18(20,21)22/h3-10H,2,11-12H2,1H3,(H,23,25). The molecule has 0 aliphatic heterocycles. The zero-order chi connectivity index (χ0) is 20.9. The van der Waals surface area contributed by atoms with E-state index in [4.69, 9.17) is 0 Å². The molecule has 0 aliphatic carbocycles. The molecule has 28 heavy (non-hydrogen) atoms. The van der Waals surface area contributed by atoms with Crippen LogP contribution < -0.4 is 5.32 Å². The van der Waals surface area contributed by atoms with Crippen LogP contribution in [0.5, 0.6) is 0 Å². The van der Waals surface area contributed by atoms with Crippen LogP contribution in [0.25, 0.3) is 0 Å². The van der Waals surface area contributed by atoms with Crippen LogP contribution in [0, 0.1) is 5.82 Å². The lowest BCUT2D eigenvalue weighted by atomic mass is 10.2. The molecule has 0 heterocycles. The highest BCUT2D eigenvalue weighted by Crippen LogP contribution is 2.20. The Hall–Kier alpha value is -2.46. The van der Waals surface area contributed by atoms with E-state index in [-0.39, 0.29) is 23.5 Å². The zero-order valence-electron chi connectivity index (χ0n) is 14.8. The number of halogens is 4. The zero-order valence-corrected chi connectivity index (χ0v) is 15.6. The van der Waals surface area contributed by atoms with E-state index in [1.54, 1.807) is 18.3 Å². The van der Waals surface area contributed by atoms with Crippen molar-refractivity contribution in [1.29, 1.82) is 0 Å². The first kappa shape index (κ1) is 21.8. The van der Waals surface area contributed by atoms with Crippen LogP contribution in [0.1, 0.15) is 22.8 Å². The van der Waals surface area contributed by atoms with E-state index in [9.17, 15) is 30.8 Å².